The number of halogens is 1. The summed E-state index contributed by atoms with van der Waals surface area (Å²) >= 11 is 0. The molecule has 4 rings (SSSR count). The first-order valence-corrected chi connectivity index (χ1v) is 10.8. The van der Waals surface area contributed by atoms with Crippen LogP contribution in [0.25, 0.3) is 0 Å². The van der Waals surface area contributed by atoms with E-state index in [4.69, 9.17) is 4.74 Å². The highest BCUT2D eigenvalue weighted by atomic mass is 19.1. The summed E-state index contributed by atoms with van der Waals surface area (Å²) in [5, 5.41) is 11.6. The second kappa shape index (κ2) is 6.76. The maximum absolute atomic E-state index is 16.9. The van der Waals surface area contributed by atoms with Gasteiger partial charge in [0.2, 0.25) is 5.78 Å². The second-order valence-corrected chi connectivity index (χ2v) is 10.2. The van der Waals surface area contributed by atoms with E-state index in [0.717, 1.165) is 13.0 Å². The molecule has 7 atom stereocenters. The number of ketones is 4. The van der Waals surface area contributed by atoms with E-state index in [9.17, 15) is 29.1 Å². The number of Topliss-reactive ketones (excluding diaryl/α,β-unsaturated/α-hetero) is 3. The molecule has 0 aromatic rings. The number of ether oxygens (including phenoxy) is 1. The topological polar surface area (TPSA) is 115 Å². The summed E-state index contributed by atoms with van der Waals surface area (Å²) in [7, 11) is 0. The first-order valence-electron chi connectivity index (χ1n) is 10.8. The molecular weight excluding hydrogens is 419 g/mol. The van der Waals surface area contributed by atoms with Crippen LogP contribution in [0.4, 0.5) is 4.39 Å². The first kappa shape index (κ1) is 22.7. The first-order chi connectivity index (χ1) is 14.7. The Bertz CT molecular complexity index is 1030. The molecular formula is C24H27FO7. The van der Waals surface area contributed by atoms with Crippen molar-refractivity contribution in [3.05, 3.63) is 23.8 Å². The van der Waals surface area contributed by atoms with Gasteiger partial charge in [0.1, 0.15) is 5.60 Å². The van der Waals surface area contributed by atoms with Crippen molar-refractivity contribution in [3.63, 3.8) is 0 Å². The van der Waals surface area contributed by atoms with Crippen LogP contribution >= 0.6 is 0 Å². The van der Waals surface area contributed by atoms with Gasteiger partial charge in [0, 0.05) is 36.7 Å². The molecule has 4 aliphatic rings. The number of esters is 1. The van der Waals surface area contributed by atoms with Crippen molar-refractivity contribution >= 4 is 29.1 Å². The molecule has 3 saturated carbocycles. The quantitative estimate of drug-likeness (QED) is 0.658. The zero-order chi connectivity index (χ0) is 23.9. The van der Waals surface area contributed by atoms with Crippen molar-refractivity contribution in [1.29, 1.82) is 0 Å². The van der Waals surface area contributed by atoms with Gasteiger partial charge in [-0.15, -0.1) is 0 Å². The Morgan fingerprint density at radius 1 is 1.22 bits per heavy atom. The summed E-state index contributed by atoms with van der Waals surface area (Å²) in [5.41, 5.74) is -7.38. The average molecular weight is 446 g/mol. The highest BCUT2D eigenvalue weighted by Gasteiger charge is 2.76. The van der Waals surface area contributed by atoms with Gasteiger partial charge in [-0.05, 0) is 37.3 Å². The number of fused-ring (bicyclic) bond motifs is 5. The molecule has 0 amide bonds. The molecule has 0 unspecified atom stereocenters. The smallest absolute Gasteiger partial charge is 0.303 e. The third-order valence-electron chi connectivity index (χ3n) is 8.66. The largest absolute Gasteiger partial charge is 0.458 e. The number of alkyl halides is 1. The van der Waals surface area contributed by atoms with Gasteiger partial charge < -0.3 is 9.84 Å². The molecule has 0 radical (unpaired) electrons. The maximum Gasteiger partial charge on any atom is 0.303 e. The van der Waals surface area contributed by atoms with Gasteiger partial charge in [0.15, 0.2) is 29.6 Å². The molecule has 0 aromatic carbocycles. The lowest BCUT2D eigenvalue weighted by atomic mass is 9.45. The third kappa shape index (κ3) is 2.53. The van der Waals surface area contributed by atoms with Crippen LogP contribution in [0.1, 0.15) is 47.0 Å². The van der Waals surface area contributed by atoms with Crippen LogP contribution in [0.5, 0.6) is 0 Å². The number of allylic oxidation sites excluding steroid dienone is 4. The molecule has 0 heterocycles. The highest BCUT2D eigenvalue weighted by Crippen LogP contribution is 2.69. The van der Waals surface area contributed by atoms with E-state index in [0.29, 0.717) is 0 Å². The zero-order valence-corrected chi connectivity index (χ0v) is 18.6. The minimum Gasteiger partial charge on any atom is -0.458 e. The fourth-order valence-electron chi connectivity index (χ4n) is 6.98. The van der Waals surface area contributed by atoms with Gasteiger partial charge in [-0.1, -0.05) is 19.9 Å². The molecule has 1 N–H and O–H groups in total. The molecule has 7 nitrogen and oxygen atoms in total. The number of aliphatic hydroxyl groups is 1. The van der Waals surface area contributed by atoms with Crippen LogP contribution in [-0.2, 0) is 28.7 Å². The Morgan fingerprint density at radius 2 is 1.88 bits per heavy atom. The lowest BCUT2D eigenvalue weighted by Crippen LogP contribution is -2.69. The standard InChI is InChI=1S/C24H27FO7/c1-12-7-15-16-9-18(28)17-8-14(27)5-6-21(17,3)23(16,25)19(29)10-22(15,4)24(12,31)20(30)11-32-13(2)26/h5-6,8,12,15-16,31H,7,9-11H2,1-4H3/t12-,15+,16+,21+,22+,23+,24+/m1/s1. The number of carbonyl (C=O) groups is 5. The molecule has 0 saturated heterocycles. The van der Waals surface area contributed by atoms with Crippen molar-refractivity contribution < 1.29 is 38.2 Å². The molecule has 32 heavy (non-hydrogen) atoms. The summed E-state index contributed by atoms with van der Waals surface area (Å²) in [6, 6.07) is 0. The SMILES string of the molecule is CC(=O)OCC(=O)[C@@]1(O)[C@H](C)C[C@H]2[C@@H]3CC(=O)C4=CC(=O)C=C[C@]4(C)[C@@]3(F)C(=O)C[C@@]21C. The summed E-state index contributed by atoms with van der Waals surface area (Å²) in [6.45, 7) is 5.19. The van der Waals surface area contributed by atoms with Crippen LogP contribution in [0.3, 0.4) is 0 Å². The Labute approximate surface area is 185 Å². The Morgan fingerprint density at radius 3 is 2.50 bits per heavy atom. The van der Waals surface area contributed by atoms with Gasteiger partial charge in [-0.25, -0.2) is 4.39 Å². The summed E-state index contributed by atoms with van der Waals surface area (Å²) in [6.07, 6.45) is 3.14. The van der Waals surface area contributed by atoms with E-state index < -0.39 is 82.0 Å². The monoisotopic (exact) mass is 446 g/mol. The number of hydrogen-bond acceptors (Lipinski definition) is 7. The Balaban J connectivity index is 1.81. The van der Waals surface area contributed by atoms with Crippen molar-refractivity contribution in [2.24, 2.45) is 28.6 Å². The van der Waals surface area contributed by atoms with Gasteiger partial charge in [0.25, 0.3) is 0 Å². The van der Waals surface area contributed by atoms with Crippen LogP contribution in [0.2, 0.25) is 0 Å². The van der Waals surface area contributed by atoms with Gasteiger partial charge in [-0.2, -0.15) is 0 Å². The average Bonchev–Trinajstić information content (AvgIpc) is 2.91. The molecule has 172 valence electrons. The molecule has 8 heteroatoms. The van der Waals surface area contributed by atoms with Gasteiger partial charge in [0.05, 0.1) is 5.41 Å². The zero-order valence-electron chi connectivity index (χ0n) is 18.6. The predicted molar refractivity (Wildman–Crippen MR) is 109 cm³/mol. The van der Waals surface area contributed by atoms with Crippen molar-refractivity contribution in [3.8, 4) is 0 Å². The third-order valence-corrected chi connectivity index (χ3v) is 8.66. The van der Waals surface area contributed by atoms with Crippen LogP contribution in [0.15, 0.2) is 23.8 Å². The lowest BCUT2D eigenvalue weighted by molar-refractivity contribution is -0.188. The Hall–Kier alpha value is -2.48. The fraction of sp³-hybridized carbons (Fsp3) is 0.625. The van der Waals surface area contributed by atoms with Gasteiger partial charge >= 0.3 is 5.97 Å². The van der Waals surface area contributed by atoms with E-state index in [1.807, 2.05) is 0 Å². The maximum atomic E-state index is 16.9. The molecule has 0 aliphatic heterocycles. The van der Waals surface area contributed by atoms with Crippen molar-refractivity contribution in [2.75, 3.05) is 6.61 Å². The van der Waals surface area contributed by atoms with Crippen LogP contribution in [0, 0.1) is 28.6 Å². The fourth-order valence-corrected chi connectivity index (χ4v) is 6.98. The van der Waals surface area contributed by atoms with E-state index in [1.165, 1.54) is 19.1 Å². The molecule has 3 fully saturated rings. The molecule has 0 aromatic heterocycles. The van der Waals surface area contributed by atoms with Gasteiger partial charge in [-0.3, -0.25) is 24.0 Å². The van der Waals surface area contributed by atoms with E-state index >= 15 is 4.39 Å². The summed E-state index contributed by atoms with van der Waals surface area (Å²) in [4.78, 5) is 62.6. The minimum absolute atomic E-state index is 0.00653. The van der Waals surface area contributed by atoms with E-state index in [2.05, 4.69) is 0 Å². The molecule has 0 spiro atoms. The van der Waals surface area contributed by atoms with E-state index in [-0.39, 0.29) is 18.4 Å². The molecule has 4 aliphatic carbocycles. The Kier molecular flexibility index (Phi) is 4.80. The summed E-state index contributed by atoms with van der Waals surface area (Å²) in [5.74, 6) is -5.38. The van der Waals surface area contributed by atoms with Crippen LogP contribution in [-0.4, -0.2) is 52.1 Å². The van der Waals surface area contributed by atoms with E-state index in [1.54, 1.807) is 13.8 Å². The number of hydrogen-bond donors (Lipinski definition) is 1. The number of carbonyl (C=O) groups excluding carboxylic acids is 5. The summed E-state index contributed by atoms with van der Waals surface area (Å²) < 4.78 is 21.7. The second-order valence-electron chi connectivity index (χ2n) is 10.2. The highest BCUT2D eigenvalue weighted by molar-refractivity contribution is 6.12. The molecule has 0 bridgehead atoms. The minimum atomic E-state index is -2.45. The number of rotatable bonds is 3. The lowest BCUT2D eigenvalue weighted by Gasteiger charge is -2.59. The normalized spacial score (nSPS) is 45.0. The van der Waals surface area contributed by atoms with Crippen molar-refractivity contribution in [2.45, 2.75) is 58.2 Å². The van der Waals surface area contributed by atoms with Crippen molar-refractivity contribution in [1.82, 2.24) is 0 Å². The predicted octanol–water partition coefficient (Wildman–Crippen LogP) is 1.85. The van der Waals surface area contributed by atoms with Crippen LogP contribution < -0.4 is 0 Å².